The first-order valence-corrected chi connectivity index (χ1v) is 9.87. The van der Waals surface area contributed by atoms with Crippen molar-refractivity contribution in [2.24, 2.45) is 11.7 Å². The standard InChI is InChI=1S/C20H28F2N4O2/c1-4-5-15-11-14(8-9-24-15)20(17(27)26(3)19(23)25-20)13-6-7-16(12(2)10-13)28-18(21)22/h6-7,10,14-15,18,24H,4-5,8-9,11H2,1-3H3,(H2,23,25)/p+2. The van der Waals surface area contributed by atoms with E-state index in [1.807, 2.05) is 0 Å². The molecule has 1 amide bonds. The van der Waals surface area contributed by atoms with Crippen molar-refractivity contribution in [1.29, 1.82) is 0 Å². The molecule has 8 heteroatoms. The number of benzene rings is 1. The highest BCUT2D eigenvalue weighted by molar-refractivity contribution is 6.01. The van der Waals surface area contributed by atoms with Crippen LogP contribution in [0, 0.1) is 12.8 Å². The number of likely N-dealkylation sites (N-methyl/N-ethyl adjacent to an activating group) is 1. The van der Waals surface area contributed by atoms with Gasteiger partial charge in [0.2, 0.25) is 5.54 Å². The monoisotopic (exact) mass is 396 g/mol. The van der Waals surface area contributed by atoms with Crippen LogP contribution < -0.4 is 20.8 Å². The second-order valence-corrected chi connectivity index (χ2v) is 7.84. The smallest absolute Gasteiger partial charge is 0.387 e. The van der Waals surface area contributed by atoms with E-state index < -0.39 is 12.2 Å². The van der Waals surface area contributed by atoms with E-state index in [0.29, 0.717) is 17.6 Å². The maximum absolute atomic E-state index is 13.4. The van der Waals surface area contributed by atoms with Crippen LogP contribution in [0.25, 0.3) is 0 Å². The molecular formula is C20H30F2N4O2+2. The van der Waals surface area contributed by atoms with Gasteiger partial charge in [0.1, 0.15) is 5.75 Å². The maximum atomic E-state index is 13.4. The molecule has 0 aromatic heterocycles. The molecule has 3 atom stereocenters. The van der Waals surface area contributed by atoms with E-state index in [0.717, 1.165) is 37.8 Å². The van der Waals surface area contributed by atoms with Crippen molar-refractivity contribution in [2.45, 2.75) is 57.7 Å². The van der Waals surface area contributed by atoms with Crippen molar-refractivity contribution >= 4 is 11.9 Å². The minimum atomic E-state index is -2.89. The molecule has 0 radical (unpaired) electrons. The molecule has 5 N–H and O–H groups in total. The molecule has 3 rings (SSSR count). The molecule has 2 aliphatic heterocycles. The number of carbonyl (C=O) groups is 1. The third kappa shape index (κ3) is 3.57. The molecule has 2 aliphatic rings. The van der Waals surface area contributed by atoms with E-state index in [-0.39, 0.29) is 17.6 Å². The number of guanidine groups is 1. The van der Waals surface area contributed by atoms with Gasteiger partial charge in [-0.2, -0.15) is 8.78 Å². The SMILES string of the molecule is CCCC1CC(C2(c3ccc(OC(F)F)c(C)c3)[NH+]=C(N)N(C)C2=O)CC[NH2+]1. The Labute approximate surface area is 164 Å². The molecule has 2 heterocycles. The van der Waals surface area contributed by atoms with Gasteiger partial charge in [-0.25, -0.2) is 4.90 Å². The first-order valence-electron chi connectivity index (χ1n) is 9.87. The fourth-order valence-electron chi connectivity index (χ4n) is 4.66. The van der Waals surface area contributed by atoms with Gasteiger partial charge in [-0.1, -0.05) is 19.4 Å². The summed E-state index contributed by atoms with van der Waals surface area (Å²) in [5, 5.41) is 2.36. The number of hydrogen-bond donors (Lipinski definition) is 3. The van der Waals surface area contributed by atoms with Gasteiger partial charge in [0.05, 0.1) is 19.6 Å². The summed E-state index contributed by atoms with van der Waals surface area (Å²) in [7, 11) is 1.66. The van der Waals surface area contributed by atoms with Crippen LogP contribution in [0.5, 0.6) is 5.75 Å². The number of aryl methyl sites for hydroxylation is 1. The van der Waals surface area contributed by atoms with Crippen LogP contribution in [-0.2, 0) is 10.3 Å². The van der Waals surface area contributed by atoms with Crippen molar-refractivity contribution < 1.29 is 28.6 Å². The fraction of sp³-hybridized carbons (Fsp3) is 0.600. The van der Waals surface area contributed by atoms with Gasteiger partial charge in [-0.15, -0.1) is 0 Å². The molecule has 3 unspecified atom stereocenters. The number of quaternary nitrogens is 1. The largest absolute Gasteiger partial charge is 0.435 e. The predicted molar refractivity (Wildman–Crippen MR) is 101 cm³/mol. The average molecular weight is 396 g/mol. The summed E-state index contributed by atoms with van der Waals surface area (Å²) < 4.78 is 29.8. The van der Waals surface area contributed by atoms with Crippen LogP contribution in [0.1, 0.15) is 43.7 Å². The highest BCUT2D eigenvalue weighted by Gasteiger charge is 2.58. The lowest BCUT2D eigenvalue weighted by Crippen LogP contribution is -2.95. The Balaban J connectivity index is 2.04. The number of rotatable bonds is 6. The molecule has 0 saturated carbocycles. The number of carbonyl (C=O) groups excluding carboxylic acids is 1. The second-order valence-electron chi connectivity index (χ2n) is 7.84. The highest BCUT2D eigenvalue weighted by atomic mass is 19.3. The molecule has 1 aromatic rings. The first kappa shape index (κ1) is 20.5. The Bertz CT molecular complexity index is 769. The molecule has 0 aliphatic carbocycles. The summed E-state index contributed by atoms with van der Waals surface area (Å²) in [6, 6.07) is 5.45. The Morgan fingerprint density at radius 2 is 2.21 bits per heavy atom. The van der Waals surface area contributed by atoms with Crippen LogP contribution in [0.4, 0.5) is 8.78 Å². The molecule has 0 spiro atoms. The van der Waals surface area contributed by atoms with E-state index in [9.17, 15) is 13.6 Å². The summed E-state index contributed by atoms with van der Waals surface area (Å²) in [4.78, 5) is 18.1. The van der Waals surface area contributed by atoms with Crippen LogP contribution >= 0.6 is 0 Å². The summed E-state index contributed by atoms with van der Waals surface area (Å²) in [5.41, 5.74) is 6.42. The van der Waals surface area contributed by atoms with Gasteiger partial charge >= 0.3 is 18.5 Å². The minimum absolute atomic E-state index is 0.0614. The molecule has 1 aromatic carbocycles. The van der Waals surface area contributed by atoms with Crippen LogP contribution in [0.2, 0.25) is 0 Å². The first-order chi connectivity index (χ1) is 13.3. The van der Waals surface area contributed by atoms with E-state index in [4.69, 9.17) is 5.73 Å². The van der Waals surface area contributed by atoms with Gasteiger partial charge in [-0.3, -0.25) is 15.5 Å². The molecule has 28 heavy (non-hydrogen) atoms. The summed E-state index contributed by atoms with van der Waals surface area (Å²) >= 11 is 0. The molecular weight excluding hydrogens is 366 g/mol. The van der Waals surface area contributed by atoms with Crippen molar-refractivity contribution in [3.05, 3.63) is 29.3 Å². The van der Waals surface area contributed by atoms with Gasteiger partial charge in [0, 0.05) is 24.3 Å². The van der Waals surface area contributed by atoms with E-state index in [2.05, 4.69) is 22.0 Å². The number of halogens is 2. The zero-order valence-corrected chi connectivity index (χ0v) is 16.7. The zero-order valence-electron chi connectivity index (χ0n) is 16.7. The van der Waals surface area contributed by atoms with Crippen molar-refractivity contribution in [1.82, 2.24) is 4.90 Å². The number of hydrogen-bond acceptors (Lipinski definition) is 3. The number of piperidine rings is 1. The van der Waals surface area contributed by atoms with Crippen LogP contribution in [-0.4, -0.2) is 43.0 Å². The lowest BCUT2D eigenvalue weighted by molar-refractivity contribution is -0.705. The third-order valence-corrected chi connectivity index (χ3v) is 6.05. The Morgan fingerprint density at radius 1 is 1.46 bits per heavy atom. The highest BCUT2D eigenvalue weighted by Crippen LogP contribution is 2.37. The van der Waals surface area contributed by atoms with Crippen molar-refractivity contribution in [2.75, 3.05) is 13.6 Å². The third-order valence-electron chi connectivity index (χ3n) is 6.05. The Morgan fingerprint density at radius 3 is 2.79 bits per heavy atom. The van der Waals surface area contributed by atoms with E-state index in [1.54, 1.807) is 26.1 Å². The average Bonchev–Trinajstić information content (AvgIpc) is 2.88. The fourth-order valence-corrected chi connectivity index (χ4v) is 4.66. The molecule has 1 fully saturated rings. The van der Waals surface area contributed by atoms with Gasteiger partial charge in [0.15, 0.2) is 0 Å². The van der Waals surface area contributed by atoms with E-state index in [1.165, 1.54) is 11.0 Å². The van der Waals surface area contributed by atoms with Crippen molar-refractivity contribution in [3.63, 3.8) is 0 Å². The predicted octanol–water partition coefficient (Wildman–Crippen LogP) is -0.199. The number of nitrogens with one attached hydrogen (secondary N) is 1. The van der Waals surface area contributed by atoms with Gasteiger partial charge in [0.25, 0.3) is 0 Å². The minimum Gasteiger partial charge on any atom is -0.435 e. The Kier molecular flexibility index (Phi) is 5.88. The normalized spacial score (nSPS) is 28.0. The number of amides is 1. The number of ether oxygens (including phenoxy) is 1. The number of nitrogens with zero attached hydrogens (tertiary/aromatic N) is 1. The van der Waals surface area contributed by atoms with Crippen molar-refractivity contribution in [3.8, 4) is 5.75 Å². The lowest BCUT2D eigenvalue weighted by atomic mass is 9.71. The number of alkyl halides is 2. The molecule has 6 nitrogen and oxygen atoms in total. The van der Waals surface area contributed by atoms with Gasteiger partial charge < -0.3 is 10.1 Å². The second kappa shape index (κ2) is 8.03. The van der Waals surface area contributed by atoms with Crippen LogP contribution in [0.15, 0.2) is 18.2 Å². The summed E-state index contributed by atoms with van der Waals surface area (Å²) in [6.07, 6.45) is 3.95. The summed E-state index contributed by atoms with van der Waals surface area (Å²) in [6.45, 7) is 1.93. The van der Waals surface area contributed by atoms with E-state index >= 15 is 0 Å². The molecule has 0 bridgehead atoms. The number of nitrogens with two attached hydrogens (primary N) is 2. The van der Waals surface area contributed by atoms with Crippen LogP contribution in [0.3, 0.4) is 0 Å². The topological polar surface area (TPSA) is 86.1 Å². The zero-order chi connectivity index (χ0) is 20.5. The lowest BCUT2D eigenvalue weighted by Gasteiger charge is -2.36. The molecule has 154 valence electrons. The van der Waals surface area contributed by atoms with Gasteiger partial charge in [-0.05, 0) is 31.0 Å². The quantitative estimate of drug-likeness (QED) is 0.623. The Hall–Kier alpha value is -2.22. The summed E-state index contributed by atoms with van der Waals surface area (Å²) in [5.74, 6) is 0.392. The maximum Gasteiger partial charge on any atom is 0.387 e. The molecule has 1 saturated heterocycles.